The molecule has 0 fully saturated rings. The van der Waals surface area contributed by atoms with Gasteiger partial charge in [-0.05, 0) is 6.92 Å². The zero-order valence-corrected chi connectivity index (χ0v) is 8.32. The monoisotopic (exact) mass is 210 g/mol. The highest BCUT2D eigenvalue weighted by molar-refractivity contribution is 7.95. The number of halogens is 1. The number of aliphatic hydroxyl groups is 1. The van der Waals surface area contributed by atoms with E-state index < -0.39 is 12.1 Å². The van der Waals surface area contributed by atoms with E-state index in [0.717, 1.165) is 12.0 Å². The fourth-order valence-electron chi connectivity index (χ4n) is 0.282. The molecule has 0 saturated heterocycles. The molecule has 0 aromatic rings. The number of carbonyl (C=O) groups excluding carboxylic acids is 1. The Kier molecular flexibility index (Phi) is 6.24. The van der Waals surface area contributed by atoms with E-state index >= 15 is 0 Å². The van der Waals surface area contributed by atoms with Crippen LogP contribution in [0.15, 0.2) is 12.2 Å². The van der Waals surface area contributed by atoms with Crippen LogP contribution in [0.25, 0.3) is 0 Å². The summed E-state index contributed by atoms with van der Waals surface area (Å²) in [7, 11) is 0. The van der Waals surface area contributed by atoms with E-state index in [1.54, 1.807) is 6.92 Å². The predicted molar refractivity (Wildman–Crippen MR) is 50.1 cm³/mol. The van der Waals surface area contributed by atoms with Gasteiger partial charge in [-0.25, -0.2) is 4.79 Å². The molecule has 0 saturated carbocycles. The molecule has 1 N–H and O–H groups in total. The number of rotatable bonds is 5. The summed E-state index contributed by atoms with van der Waals surface area (Å²) >= 11 is 6.19. The first-order valence-corrected chi connectivity index (χ1v) is 4.75. The molecule has 0 spiro atoms. The van der Waals surface area contributed by atoms with Gasteiger partial charge in [-0.3, -0.25) is 0 Å². The SMILES string of the molecule is C=C(C)C(=O)OSCC(O)CCl. The Bertz CT molecular complexity index is 172. The van der Waals surface area contributed by atoms with Crippen molar-refractivity contribution in [1.29, 1.82) is 0 Å². The van der Waals surface area contributed by atoms with Crippen LogP contribution in [0.5, 0.6) is 0 Å². The second-order valence-corrected chi connectivity index (χ2v) is 3.29. The fourth-order valence-corrected chi connectivity index (χ4v) is 1.11. The van der Waals surface area contributed by atoms with Gasteiger partial charge in [0.2, 0.25) is 0 Å². The molecule has 0 aromatic carbocycles. The maximum Gasteiger partial charge on any atom is 0.345 e. The van der Waals surface area contributed by atoms with Crippen LogP contribution in [0.4, 0.5) is 0 Å². The Morgan fingerprint density at radius 1 is 1.83 bits per heavy atom. The van der Waals surface area contributed by atoms with Crippen LogP contribution in [-0.4, -0.2) is 28.8 Å². The minimum absolute atomic E-state index is 0.137. The van der Waals surface area contributed by atoms with Gasteiger partial charge in [-0.2, -0.15) is 0 Å². The lowest BCUT2D eigenvalue weighted by Crippen LogP contribution is -2.12. The minimum atomic E-state index is -0.644. The maximum atomic E-state index is 10.8. The molecular formula is C7H11ClO3S. The molecule has 0 aliphatic carbocycles. The molecule has 5 heteroatoms. The summed E-state index contributed by atoms with van der Waals surface area (Å²) in [5.41, 5.74) is 0.336. The largest absolute Gasteiger partial charge is 0.391 e. The normalized spacial score (nSPS) is 12.2. The average molecular weight is 211 g/mol. The van der Waals surface area contributed by atoms with Crippen LogP contribution < -0.4 is 0 Å². The quantitative estimate of drug-likeness (QED) is 0.423. The van der Waals surface area contributed by atoms with Gasteiger partial charge in [0.1, 0.15) is 0 Å². The van der Waals surface area contributed by atoms with Gasteiger partial charge in [-0.15, -0.1) is 11.6 Å². The zero-order valence-electron chi connectivity index (χ0n) is 6.75. The first kappa shape index (κ1) is 11.8. The Balaban J connectivity index is 3.44. The molecule has 70 valence electrons. The first-order valence-electron chi connectivity index (χ1n) is 3.31. The smallest absolute Gasteiger partial charge is 0.345 e. The van der Waals surface area contributed by atoms with Crippen LogP contribution in [0.2, 0.25) is 0 Å². The van der Waals surface area contributed by atoms with Gasteiger partial charge < -0.3 is 9.29 Å². The summed E-state index contributed by atoms with van der Waals surface area (Å²) in [6, 6.07) is 0. The van der Waals surface area contributed by atoms with Crippen LogP contribution in [0.3, 0.4) is 0 Å². The Morgan fingerprint density at radius 3 is 2.83 bits per heavy atom. The van der Waals surface area contributed by atoms with Crippen LogP contribution >= 0.6 is 23.6 Å². The van der Waals surface area contributed by atoms with Crippen LogP contribution in [0, 0.1) is 0 Å². The Morgan fingerprint density at radius 2 is 2.42 bits per heavy atom. The molecule has 1 unspecified atom stereocenters. The molecule has 0 aliphatic heterocycles. The van der Waals surface area contributed by atoms with Gasteiger partial charge in [0.05, 0.1) is 23.9 Å². The van der Waals surface area contributed by atoms with Crippen molar-refractivity contribution in [2.24, 2.45) is 0 Å². The van der Waals surface area contributed by atoms with E-state index in [-0.39, 0.29) is 11.6 Å². The van der Waals surface area contributed by atoms with Gasteiger partial charge >= 0.3 is 5.97 Å². The highest BCUT2D eigenvalue weighted by Crippen LogP contribution is 2.08. The van der Waals surface area contributed by atoms with Crippen molar-refractivity contribution in [2.45, 2.75) is 13.0 Å². The van der Waals surface area contributed by atoms with Crippen LogP contribution in [0.1, 0.15) is 6.92 Å². The molecule has 1 atom stereocenters. The van der Waals surface area contributed by atoms with E-state index in [9.17, 15) is 4.79 Å². The molecule has 0 amide bonds. The Labute approximate surface area is 80.9 Å². The highest BCUT2D eigenvalue weighted by atomic mass is 35.5. The van der Waals surface area contributed by atoms with Crippen molar-refractivity contribution < 1.29 is 14.1 Å². The molecule has 0 aliphatic rings. The summed E-state index contributed by atoms with van der Waals surface area (Å²) in [5.74, 6) is -0.0538. The van der Waals surface area contributed by atoms with Crippen molar-refractivity contribution >= 4 is 29.6 Å². The van der Waals surface area contributed by atoms with Crippen molar-refractivity contribution in [2.75, 3.05) is 11.6 Å². The van der Waals surface area contributed by atoms with Gasteiger partial charge in [0.15, 0.2) is 0 Å². The molecular weight excluding hydrogens is 200 g/mol. The van der Waals surface area contributed by atoms with E-state index in [4.69, 9.17) is 16.7 Å². The fraction of sp³-hybridized carbons (Fsp3) is 0.571. The van der Waals surface area contributed by atoms with Crippen molar-refractivity contribution in [3.63, 3.8) is 0 Å². The summed E-state index contributed by atoms with van der Waals surface area (Å²) < 4.78 is 4.64. The number of alkyl halides is 1. The topological polar surface area (TPSA) is 46.5 Å². The van der Waals surface area contributed by atoms with E-state index in [2.05, 4.69) is 10.8 Å². The molecule has 0 heterocycles. The van der Waals surface area contributed by atoms with Crippen molar-refractivity contribution in [1.82, 2.24) is 0 Å². The lowest BCUT2D eigenvalue weighted by molar-refractivity contribution is -0.128. The number of hydrogen-bond acceptors (Lipinski definition) is 4. The second-order valence-electron chi connectivity index (χ2n) is 2.24. The minimum Gasteiger partial charge on any atom is -0.391 e. The summed E-state index contributed by atoms with van der Waals surface area (Å²) in [6.07, 6.45) is -0.644. The van der Waals surface area contributed by atoms with E-state index in [1.807, 2.05) is 0 Å². The third-order valence-corrected chi connectivity index (χ3v) is 2.07. The summed E-state index contributed by atoms with van der Waals surface area (Å²) in [5, 5.41) is 8.94. The molecule has 0 radical (unpaired) electrons. The number of carbonyl (C=O) groups is 1. The van der Waals surface area contributed by atoms with Crippen LogP contribution in [-0.2, 0) is 8.98 Å². The molecule has 0 bridgehead atoms. The number of aliphatic hydroxyl groups excluding tert-OH is 1. The highest BCUT2D eigenvalue weighted by Gasteiger charge is 2.07. The zero-order chi connectivity index (χ0) is 9.56. The van der Waals surface area contributed by atoms with Crippen molar-refractivity contribution in [3.05, 3.63) is 12.2 Å². The first-order chi connectivity index (χ1) is 5.57. The number of hydrogen-bond donors (Lipinski definition) is 1. The van der Waals surface area contributed by atoms with E-state index in [0.29, 0.717) is 5.57 Å². The Hall–Kier alpha value is -0.190. The molecule has 0 aromatic heterocycles. The average Bonchev–Trinajstić information content (AvgIpc) is 2.03. The second kappa shape index (κ2) is 6.34. The maximum absolute atomic E-state index is 10.8. The summed E-state index contributed by atoms with van der Waals surface area (Å²) in [4.78, 5) is 10.8. The van der Waals surface area contributed by atoms with Gasteiger partial charge in [0, 0.05) is 11.5 Å². The lowest BCUT2D eigenvalue weighted by Gasteiger charge is -2.05. The molecule has 3 nitrogen and oxygen atoms in total. The standard InChI is InChI=1S/C7H11ClO3S/c1-5(2)7(10)11-12-4-6(9)3-8/h6,9H,1,3-4H2,2H3. The third-order valence-electron chi connectivity index (χ3n) is 0.922. The third kappa shape index (κ3) is 5.46. The predicted octanol–water partition coefficient (Wildman–Crippen LogP) is 1.35. The molecule has 12 heavy (non-hydrogen) atoms. The van der Waals surface area contributed by atoms with Crippen molar-refractivity contribution in [3.8, 4) is 0 Å². The van der Waals surface area contributed by atoms with Gasteiger partial charge in [0.25, 0.3) is 0 Å². The summed E-state index contributed by atoms with van der Waals surface area (Å²) in [6.45, 7) is 4.95. The van der Waals surface area contributed by atoms with E-state index in [1.165, 1.54) is 0 Å². The lowest BCUT2D eigenvalue weighted by atomic mass is 10.4. The molecule has 0 rings (SSSR count). The van der Waals surface area contributed by atoms with Gasteiger partial charge in [-0.1, -0.05) is 6.58 Å².